The van der Waals surface area contributed by atoms with Gasteiger partial charge in [0.2, 0.25) is 5.91 Å². The van der Waals surface area contributed by atoms with Crippen LogP contribution in [0.2, 0.25) is 5.02 Å². The Bertz CT molecular complexity index is 993. The molecule has 2 rings (SSSR count). The van der Waals surface area contributed by atoms with E-state index in [9.17, 15) is 19.5 Å². The number of hydrogen-bond acceptors (Lipinski definition) is 6. The molecule has 0 aliphatic heterocycles. The molecule has 0 radical (unpaired) electrons. The van der Waals surface area contributed by atoms with Crippen LogP contribution >= 0.6 is 11.6 Å². The third-order valence-corrected chi connectivity index (χ3v) is 5.70. The van der Waals surface area contributed by atoms with Gasteiger partial charge in [0.1, 0.15) is 12.3 Å². The molecular weight excluding hydrogens is 470 g/mol. The summed E-state index contributed by atoms with van der Waals surface area (Å²) < 4.78 is 10.5. The fraction of sp³-hybridized carbons (Fsp3) is 0.444. The Kier molecular flexibility index (Phi) is 12.1. The van der Waals surface area contributed by atoms with Crippen LogP contribution < -0.4 is 0 Å². The number of unbranched alkanes of at least 4 members (excludes halogenated alkanes) is 2. The Hall–Kier alpha value is -3.06. The lowest BCUT2D eigenvalue weighted by Crippen LogP contribution is -2.36. The second-order valence-corrected chi connectivity index (χ2v) is 8.70. The number of phenolic OH excluding ortho intramolecular Hbond substituents is 1. The van der Waals surface area contributed by atoms with Crippen LogP contribution in [0.4, 0.5) is 0 Å². The van der Waals surface area contributed by atoms with E-state index in [-0.39, 0.29) is 37.1 Å². The number of carbonyl (C=O) groups excluding carboxylic acids is 3. The number of esters is 2. The topological polar surface area (TPSA) is 93.1 Å². The van der Waals surface area contributed by atoms with Gasteiger partial charge in [-0.25, -0.2) is 4.79 Å². The number of halogens is 1. The predicted octanol–water partition coefficient (Wildman–Crippen LogP) is 5.31. The molecule has 190 valence electrons. The van der Waals surface area contributed by atoms with Crippen molar-refractivity contribution >= 4 is 29.4 Å². The maximum atomic E-state index is 13.1. The van der Waals surface area contributed by atoms with Crippen LogP contribution in [0, 0.1) is 0 Å². The average Bonchev–Trinajstić information content (AvgIpc) is 2.84. The molecule has 2 aromatic carbocycles. The minimum absolute atomic E-state index is 0.0173. The van der Waals surface area contributed by atoms with Crippen molar-refractivity contribution in [3.05, 3.63) is 64.2 Å². The third kappa shape index (κ3) is 9.99. The van der Waals surface area contributed by atoms with Gasteiger partial charge < -0.3 is 19.5 Å². The van der Waals surface area contributed by atoms with Crippen molar-refractivity contribution in [2.75, 3.05) is 19.8 Å². The monoisotopic (exact) mass is 503 g/mol. The van der Waals surface area contributed by atoms with Gasteiger partial charge in [0.25, 0.3) is 0 Å². The van der Waals surface area contributed by atoms with E-state index in [1.165, 1.54) is 17.0 Å². The van der Waals surface area contributed by atoms with Gasteiger partial charge in [-0.3, -0.25) is 9.59 Å². The van der Waals surface area contributed by atoms with Gasteiger partial charge in [-0.1, -0.05) is 56.5 Å². The highest BCUT2D eigenvalue weighted by atomic mass is 35.5. The van der Waals surface area contributed by atoms with Crippen LogP contribution in [0.25, 0.3) is 0 Å². The molecule has 2 aromatic rings. The molecule has 1 amide bonds. The van der Waals surface area contributed by atoms with Gasteiger partial charge in [0, 0.05) is 18.0 Å². The lowest BCUT2D eigenvalue weighted by Gasteiger charge is -2.23. The zero-order chi connectivity index (χ0) is 25.6. The summed E-state index contributed by atoms with van der Waals surface area (Å²) in [5, 5.41) is 9.91. The molecule has 0 atom stereocenters. The van der Waals surface area contributed by atoms with Crippen LogP contribution in [-0.4, -0.2) is 47.6 Å². The highest BCUT2D eigenvalue weighted by Gasteiger charge is 2.20. The van der Waals surface area contributed by atoms with Crippen LogP contribution in [0.1, 0.15) is 67.4 Å². The Balaban J connectivity index is 2.06. The fourth-order valence-electron chi connectivity index (χ4n) is 3.29. The summed E-state index contributed by atoms with van der Waals surface area (Å²) in [6.07, 6.45) is 3.91. The van der Waals surface area contributed by atoms with E-state index >= 15 is 0 Å². The molecule has 0 saturated carbocycles. The van der Waals surface area contributed by atoms with E-state index in [2.05, 4.69) is 0 Å². The second-order valence-electron chi connectivity index (χ2n) is 8.29. The van der Waals surface area contributed by atoms with Crippen molar-refractivity contribution in [2.24, 2.45) is 0 Å². The highest BCUT2D eigenvalue weighted by molar-refractivity contribution is 6.31. The van der Waals surface area contributed by atoms with Crippen LogP contribution in [0.15, 0.2) is 42.5 Å². The molecular formula is C27H34ClNO6. The van der Waals surface area contributed by atoms with Crippen LogP contribution in [0.5, 0.6) is 5.75 Å². The van der Waals surface area contributed by atoms with Gasteiger partial charge in [-0.15, -0.1) is 0 Å². The Labute approximate surface area is 212 Å². The van der Waals surface area contributed by atoms with Gasteiger partial charge >= 0.3 is 11.9 Å². The zero-order valence-electron chi connectivity index (χ0n) is 20.4. The molecule has 0 unspecified atom stereocenters. The number of nitrogens with zero attached hydrogens (tertiary/aromatic N) is 1. The number of hydrogen-bond donors (Lipinski definition) is 1. The van der Waals surface area contributed by atoms with E-state index in [1.807, 2.05) is 19.9 Å². The Morgan fingerprint density at radius 3 is 2.37 bits per heavy atom. The largest absolute Gasteiger partial charge is 0.508 e. The summed E-state index contributed by atoms with van der Waals surface area (Å²) in [6, 6.07) is 11.5. The van der Waals surface area contributed by atoms with Crippen molar-refractivity contribution in [2.45, 2.75) is 58.9 Å². The molecule has 0 aliphatic rings. The SMILES string of the molecule is CCCCOC(=O)CN(Cc1ccc(O)cc1Cl)C(=O)CCc1cccc(C(=O)OCCCC)c1. The van der Waals surface area contributed by atoms with Crippen molar-refractivity contribution in [3.63, 3.8) is 0 Å². The fourth-order valence-corrected chi connectivity index (χ4v) is 3.52. The predicted molar refractivity (Wildman–Crippen MR) is 134 cm³/mol. The van der Waals surface area contributed by atoms with Gasteiger partial charge in [-0.2, -0.15) is 0 Å². The Morgan fingerprint density at radius 1 is 0.971 bits per heavy atom. The average molecular weight is 504 g/mol. The molecule has 0 heterocycles. The minimum Gasteiger partial charge on any atom is -0.508 e. The van der Waals surface area contributed by atoms with E-state index in [0.717, 1.165) is 31.2 Å². The lowest BCUT2D eigenvalue weighted by atomic mass is 10.1. The van der Waals surface area contributed by atoms with Crippen LogP contribution in [-0.2, 0) is 32.0 Å². The summed E-state index contributed by atoms with van der Waals surface area (Å²) in [7, 11) is 0. The summed E-state index contributed by atoms with van der Waals surface area (Å²) in [4.78, 5) is 39.0. The first kappa shape index (κ1) is 28.2. The van der Waals surface area contributed by atoms with Gasteiger partial charge in [-0.05, 0) is 54.7 Å². The third-order valence-electron chi connectivity index (χ3n) is 5.35. The normalized spacial score (nSPS) is 10.6. The summed E-state index contributed by atoms with van der Waals surface area (Å²) in [5.74, 6) is -1.11. The number of aryl methyl sites for hydroxylation is 1. The molecule has 0 aromatic heterocycles. The first-order valence-corrected chi connectivity index (χ1v) is 12.4. The van der Waals surface area contributed by atoms with E-state index in [1.54, 1.807) is 24.3 Å². The zero-order valence-corrected chi connectivity index (χ0v) is 21.2. The van der Waals surface area contributed by atoms with E-state index in [4.69, 9.17) is 21.1 Å². The first-order chi connectivity index (χ1) is 16.8. The van der Waals surface area contributed by atoms with E-state index in [0.29, 0.717) is 35.8 Å². The number of benzene rings is 2. The smallest absolute Gasteiger partial charge is 0.338 e. The van der Waals surface area contributed by atoms with Crippen molar-refractivity contribution in [3.8, 4) is 5.75 Å². The quantitative estimate of drug-likeness (QED) is 0.277. The van der Waals surface area contributed by atoms with Crippen LogP contribution in [0.3, 0.4) is 0 Å². The summed E-state index contributed by atoms with van der Waals surface area (Å²) >= 11 is 6.22. The maximum absolute atomic E-state index is 13.1. The van der Waals surface area contributed by atoms with Gasteiger partial charge in [0.05, 0.1) is 18.8 Å². The number of phenols is 1. The molecule has 7 nitrogen and oxygen atoms in total. The highest BCUT2D eigenvalue weighted by Crippen LogP contribution is 2.23. The second kappa shape index (κ2) is 15.0. The Morgan fingerprint density at radius 2 is 1.69 bits per heavy atom. The number of carbonyl (C=O) groups is 3. The summed E-state index contributed by atoms with van der Waals surface area (Å²) in [5.41, 5.74) is 1.87. The maximum Gasteiger partial charge on any atom is 0.338 e. The molecule has 1 N–H and O–H groups in total. The van der Waals surface area contributed by atoms with E-state index < -0.39 is 5.97 Å². The number of rotatable bonds is 14. The molecule has 35 heavy (non-hydrogen) atoms. The van der Waals surface area contributed by atoms with Crippen molar-refractivity contribution < 1.29 is 29.0 Å². The molecule has 0 fully saturated rings. The number of ether oxygens (including phenoxy) is 2. The molecule has 0 spiro atoms. The number of aromatic hydroxyl groups is 1. The standard InChI is InChI=1S/C27H34ClNO6/c1-3-5-14-34-26(32)19-29(18-22-11-12-23(30)17-24(22)28)25(31)13-10-20-8-7-9-21(16-20)27(33)35-15-6-4-2/h7-9,11-12,16-17,30H,3-6,10,13-15,18-19H2,1-2H3. The summed E-state index contributed by atoms with van der Waals surface area (Å²) in [6.45, 7) is 4.60. The first-order valence-electron chi connectivity index (χ1n) is 12.0. The van der Waals surface area contributed by atoms with Gasteiger partial charge in [0.15, 0.2) is 0 Å². The molecule has 0 bridgehead atoms. The lowest BCUT2D eigenvalue weighted by molar-refractivity contribution is -0.149. The molecule has 0 aliphatic carbocycles. The minimum atomic E-state index is -0.487. The van der Waals surface area contributed by atoms with Crippen molar-refractivity contribution in [1.82, 2.24) is 4.90 Å². The molecule has 0 saturated heterocycles. The number of amides is 1. The van der Waals surface area contributed by atoms with Crippen molar-refractivity contribution in [1.29, 1.82) is 0 Å². The molecule has 8 heteroatoms.